The third-order valence-electron chi connectivity index (χ3n) is 11.6. The minimum Gasteiger partial charge on any atom is -0.462 e. The molecule has 0 saturated heterocycles. The van der Waals surface area contributed by atoms with Gasteiger partial charge in [0.2, 0.25) is 0 Å². The molecule has 0 aliphatic rings. The van der Waals surface area contributed by atoms with Crippen molar-refractivity contribution in [2.24, 2.45) is 17.8 Å². The van der Waals surface area contributed by atoms with Gasteiger partial charge in [-0.05, 0) is 37.0 Å². The van der Waals surface area contributed by atoms with Crippen molar-refractivity contribution in [1.29, 1.82) is 0 Å². The predicted octanol–water partition coefficient (Wildman–Crippen LogP) is 16.4. The molecule has 0 rings (SSSR count). The Morgan fingerprint density at radius 2 is 0.500 bits per heavy atom. The maximum absolute atomic E-state index is 12.7. The highest BCUT2D eigenvalue weighted by Crippen LogP contribution is 2.17. The summed E-state index contributed by atoms with van der Waals surface area (Å²) in [6.45, 7) is 13.7. The molecule has 1 atom stereocenters. The molecule has 0 spiro atoms. The monoisotopic (exact) mass is 821 g/mol. The van der Waals surface area contributed by atoms with Crippen LogP contribution in [0.4, 0.5) is 0 Å². The van der Waals surface area contributed by atoms with Crippen molar-refractivity contribution >= 4 is 17.9 Å². The van der Waals surface area contributed by atoms with E-state index in [2.05, 4.69) is 41.5 Å². The summed E-state index contributed by atoms with van der Waals surface area (Å²) < 4.78 is 16.8. The average Bonchev–Trinajstić information content (AvgIpc) is 3.18. The lowest BCUT2D eigenvalue weighted by atomic mass is 10.0. The summed E-state index contributed by atoms with van der Waals surface area (Å²) in [4.78, 5) is 37.9. The smallest absolute Gasteiger partial charge is 0.306 e. The van der Waals surface area contributed by atoms with E-state index in [4.69, 9.17) is 14.2 Å². The zero-order valence-corrected chi connectivity index (χ0v) is 39.8. The predicted molar refractivity (Wildman–Crippen MR) is 247 cm³/mol. The number of carbonyl (C=O) groups excluding carboxylic acids is 3. The third kappa shape index (κ3) is 45.5. The molecule has 0 aliphatic carbocycles. The summed E-state index contributed by atoms with van der Waals surface area (Å²) in [5, 5.41) is 0. The lowest BCUT2D eigenvalue weighted by Crippen LogP contribution is -2.30. The van der Waals surface area contributed by atoms with Gasteiger partial charge in [0.1, 0.15) is 13.2 Å². The van der Waals surface area contributed by atoms with E-state index < -0.39 is 6.10 Å². The van der Waals surface area contributed by atoms with Gasteiger partial charge in [0.05, 0.1) is 0 Å². The van der Waals surface area contributed by atoms with E-state index >= 15 is 0 Å². The lowest BCUT2D eigenvalue weighted by molar-refractivity contribution is -0.167. The Hall–Kier alpha value is -1.59. The lowest BCUT2D eigenvalue weighted by Gasteiger charge is -2.18. The molecule has 58 heavy (non-hydrogen) atoms. The number of esters is 3. The molecule has 0 saturated carbocycles. The van der Waals surface area contributed by atoms with Crippen molar-refractivity contribution in [3.8, 4) is 0 Å². The highest BCUT2D eigenvalue weighted by atomic mass is 16.6. The minimum atomic E-state index is -0.763. The molecule has 0 aromatic carbocycles. The van der Waals surface area contributed by atoms with E-state index in [9.17, 15) is 14.4 Å². The van der Waals surface area contributed by atoms with E-state index in [1.54, 1.807) is 0 Å². The van der Waals surface area contributed by atoms with Crippen LogP contribution in [0.5, 0.6) is 0 Å². The van der Waals surface area contributed by atoms with Crippen molar-refractivity contribution in [3.05, 3.63) is 0 Å². The summed E-state index contributed by atoms with van der Waals surface area (Å²) in [7, 11) is 0. The maximum Gasteiger partial charge on any atom is 0.306 e. The van der Waals surface area contributed by atoms with E-state index in [-0.39, 0.29) is 31.1 Å². The van der Waals surface area contributed by atoms with Gasteiger partial charge < -0.3 is 14.2 Å². The second-order valence-electron chi connectivity index (χ2n) is 19.2. The molecule has 0 unspecified atom stereocenters. The van der Waals surface area contributed by atoms with Gasteiger partial charge in [0.15, 0.2) is 6.10 Å². The van der Waals surface area contributed by atoms with Gasteiger partial charge in [-0.25, -0.2) is 0 Å². The van der Waals surface area contributed by atoms with Gasteiger partial charge in [-0.1, -0.05) is 241 Å². The van der Waals surface area contributed by atoms with Crippen LogP contribution in [-0.2, 0) is 28.6 Å². The molecule has 0 fully saturated rings. The minimum absolute atomic E-state index is 0.0651. The standard InChI is InChI=1S/C52H100O6/c1-46(2)38-32-26-20-14-10-8-7-9-11-16-23-29-35-41-50(53)56-44-49(58-52(55)43-37-31-25-19-18-22-28-34-40-48(5)6)45-57-51(54)42-36-30-24-17-13-12-15-21-27-33-39-47(3)4/h46-49H,7-45H2,1-6H3/t49-/m0/s1. The second-order valence-corrected chi connectivity index (χ2v) is 19.2. The number of hydrogen-bond donors (Lipinski definition) is 0. The van der Waals surface area contributed by atoms with Crippen molar-refractivity contribution < 1.29 is 28.6 Å². The van der Waals surface area contributed by atoms with Crippen LogP contribution < -0.4 is 0 Å². The maximum atomic E-state index is 12.7. The van der Waals surface area contributed by atoms with Gasteiger partial charge >= 0.3 is 17.9 Å². The van der Waals surface area contributed by atoms with Gasteiger partial charge in [-0.2, -0.15) is 0 Å². The van der Waals surface area contributed by atoms with Gasteiger partial charge in [-0.15, -0.1) is 0 Å². The fourth-order valence-corrected chi connectivity index (χ4v) is 7.76. The zero-order valence-electron chi connectivity index (χ0n) is 39.8. The van der Waals surface area contributed by atoms with Crippen molar-refractivity contribution in [1.82, 2.24) is 0 Å². The molecule has 0 amide bonds. The van der Waals surface area contributed by atoms with Gasteiger partial charge in [-0.3, -0.25) is 14.4 Å². The zero-order chi connectivity index (χ0) is 42.7. The first-order chi connectivity index (χ1) is 28.1. The van der Waals surface area contributed by atoms with E-state index in [0.29, 0.717) is 19.3 Å². The number of unbranched alkanes of at least 4 members (excludes halogenated alkanes) is 28. The SMILES string of the molecule is CC(C)CCCCCCCCCCCCCCCC(=O)OC[C@@H](COC(=O)CCCCCCCCCCCCC(C)C)OC(=O)CCCCCCCCCCC(C)C. The van der Waals surface area contributed by atoms with E-state index in [1.165, 1.54) is 161 Å². The summed E-state index contributed by atoms with van der Waals surface area (Å²) in [5.74, 6) is 1.60. The van der Waals surface area contributed by atoms with Gasteiger partial charge in [0.25, 0.3) is 0 Å². The Morgan fingerprint density at radius 3 is 0.741 bits per heavy atom. The van der Waals surface area contributed by atoms with E-state index in [1.807, 2.05) is 0 Å². The summed E-state index contributed by atoms with van der Waals surface area (Å²) in [6.07, 6.45) is 42.4. The molecule has 0 aromatic heterocycles. The highest BCUT2D eigenvalue weighted by Gasteiger charge is 2.19. The van der Waals surface area contributed by atoms with Crippen LogP contribution in [0.3, 0.4) is 0 Å². The Kier molecular flexibility index (Phi) is 42.3. The summed E-state index contributed by atoms with van der Waals surface area (Å²) in [6, 6.07) is 0. The normalized spacial score (nSPS) is 12.2. The number of hydrogen-bond acceptors (Lipinski definition) is 6. The summed E-state index contributed by atoms with van der Waals surface area (Å²) in [5.41, 5.74) is 0. The number of carbonyl (C=O) groups is 3. The first-order valence-corrected chi connectivity index (χ1v) is 25.6. The van der Waals surface area contributed by atoms with E-state index in [0.717, 1.165) is 75.5 Å². The van der Waals surface area contributed by atoms with Crippen LogP contribution in [-0.4, -0.2) is 37.2 Å². The second kappa shape index (κ2) is 43.5. The molecule has 0 heterocycles. The number of ether oxygens (including phenoxy) is 3. The molecule has 0 radical (unpaired) electrons. The van der Waals surface area contributed by atoms with Crippen LogP contribution in [0.25, 0.3) is 0 Å². The molecule has 344 valence electrons. The van der Waals surface area contributed by atoms with Crippen LogP contribution in [0.1, 0.15) is 279 Å². The molecule has 0 aliphatic heterocycles. The fraction of sp³-hybridized carbons (Fsp3) is 0.942. The molecule has 0 bridgehead atoms. The average molecular weight is 821 g/mol. The van der Waals surface area contributed by atoms with Crippen LogP contribution in [0.2, 0.25) is 0 Å². The third-order valence-corrected chi connectivity index (χ3v) is 11.6. The highest BCUT2D eigenvalue weighted by molar-refractivity contribution is 5.71. The fourth-order valence-electron chi connectivity index (χ4n) is 7.76. The van der Waals surface area contributed by atoms with Gasteiger partial charge in [0, 0.05) is 19.3 Å². The Balaban J connectivity index is 4.30. The van der Waals surface area contributed by atoms with Crippen LogP contribution in [0, 0.1) is 17.8 Å². The first-order valence-electron chi connectivity index (χ1n) is 25.6. The van der Waals surface area contributed by atoms with Crippen molar-refractivity contribution in [2.75, 3.05) is 13.2 Å². The largest absolute Gasteiger partial charge is 0.462 e. The van der Waals surface area contributed by atoms with Crippen molar-refractivity contribution in [3.63, 3.8) is 0 Å². The molecule has 6 nitrogen and oxygen atoms in total. The topological polar surface area (TPSA) is 78.9 Å². The molecule has 0 aromatic rings. The van der Waals surface area contributed by atoms with Crippen LogP contribution in [0.15, 0.2) is 0 Å². The summed E-state index contributed by atoms with van der Waals surface area (Å²) >= 11 is 0. The molecule has 0 N–H and O–H groups in total. The van der Waals surface area contributed by atoms with Crippen molar-refractivity contribution in [2.45, 2.75) is 285 Å². The molecular formula is C52H100O6. The molecular weight excluding hydrogens is 721 g/mol. The Morgan fingerprint density at radius 1 is 0.293 bits per heavy atom. The first kappa shape index (κ1) is 56.4. The van der Waals surface area contributed by atoms with Crippen LogP contribution >= 0.6 is 0 Å². The Labute approximate surface area is 361 Å². The molecule has 6 heteroatoms. The Bertz CT molecular complexity index is 898. The number of rotatable bonds is 45. The quantitative estimate of drug-likeness (QED) is 0.0346.